The van der Waals surface area contributed by atoms with Gasteiger partial charge in [-0.05, 0) is 142 Å². The second-order valence-electron chi connectivity index (χ2n) is 20.6. The van der Waals surface area contributed by atoms with Gasteiger partial charge in [-0.1, -0.05) is 170 Å². The molecular formula is C76H44Mo4N4O18. The van der Waals surface area contributed by atoms with Crippen molar-refractivity contribution < 1.29 is 174 Å². The Labute approximate surface area is 638 Å². The molecule has 0 fully saturated rings. The molecule has 500 valence electrons. The van der Waals surface area contributed by atoms with Crippen molar-refractivity contribution in [3.05, 3.63) is 311 Å². The van der Waals surface area contributed by atoms with Crippen molar-refractivity contribution in [1.29, 1.82) is 0 Å². The molecule has 0 aliphatic rings. The average Bonchev–Trinajstić information content (AvgIpc) is 0.839. The van der Waals surface area contributed by atoms with Gasteiger partial charge in [0.2, 0.25) is 0 Å². The number of hydrogen-bond donors (Lipinski definition) is 0. The van der Waals surface area contributed by atoms with Crippen LogP contribution in [0.15, 0.2) is 267 Å². The minimum atomic E-state index is -1.25. The number of benzene rings is 8. The molecule has 102 heavy (non-hydrogen) atoms. The number of pyridine rings is 4. The fourth-order valence-electron chi connectivity index (χ4n) is 9.47. The Kier molecular flexibility index (Phi) is 33.5. The minimum Gasteiger partial charge on any atom is -2.00 e. The quantitative estimate of drug-likeness (QED) is 0.121. The van der Waals surface area contributed by atoms with Gasteiger partial charge in [0.1, 0.15) is 0 Å². The van der Waals surface area contributed by atoms with Crippen LogP contribution in [0.5, 0.6) is 0 Å². The number of nitrogens with zero attached hydrogens (tertiary/aromatic N) is 4. The summed E-state index contributed by atoms with van der Waals surface area (Å²) < 4.78 is 0. The van der Waals surface area contributed by atoms with Crippen molar-refractivity contribution in [2.45, 2.75) is 0 Å². The van der Waals surface area contributed by atoms with E-state index in [-0.39, 0.29) is 140 Å². The summed E-state index contributed by atoms with van der Waals surface area (Å²) in [5, 5.41) is 87.8. The van der Waals surface area contributed by atoms with E-state index in [1.165, 1.54) is 97.1 Å². The van der Waals surface area contributed by atoms with Crippen LogP contribution in [-0.2, 0) is 95.2 Å². The molecule has 0 aliphatic heterocycles. The summed E-state index contributed by atoms with van der Waals surface area (Å²) in [6.07, 6.45) is 0. The third kappa shape index (κ3) is 22.9. The van der Waals surface area contributed by atoms with Gasteiger partial charge in [-0.2, -0.15) is 0 Å². The van der Waals surface area contributed by atoms with Gasteiger partial charge >= 0.3 is 84.3 Å². The largest absolute Gasteiger partial charge is 3.00 e. The van der Waals surface area contributed by atoms with E-state index in [4.69, 9.17) is 0 Å². The molecule has 0 amide bonds. The molecule has 4 radical (unpaired) electrons. The van der Waals surface area contributed by atoms with E-state index in [1.807, 2.05) is 0 Å². The molecule has 12 rings (SSSR count). The Balaban J connectivity index is 0.000000347. The smallest absolute Gasteiger partial charge is 2.00 e. The van der Waals surface area contributed by atoms with E-state index in [1.54, 1.807) is 170 Å². The molecule has 0 atom stereocenters. The Hall–Kier alpha value is -11.2. The first-order chi connectivity index (χ1) is 46.2. The first-order valence-electron chi connectivity index (χ1n) is 28.6. The number of aromatic carboxylic acids is 8. The monoisotopic (exact) mass is 1690 g/mol. The zero-order valence-corrected chi connectivity index (χ0v) is 60.2. The molecule has 0 N–H and O–H groups in total. The van der Waals surface area contributed by atoms with Gasteiger partial charge in [0.05, 0.1) is 93.3 Å². The van der Waals surface area contributed by atoms with E-state index in [9.17, 15) is 79.2 Å². The summed E-state index contributed by atoms with van der Waals surface area (Å²) in [6.45, 7) is 0. The number of aromatic nitrogens is 4. The van der Waals surface area contributed by atoms with Crippen LogP contribution in [0.1, 0.15) is 82.9 Å². The zero-order chi connectivity index (χ0) is 68.4. The molecule has 0 saturated carbocycles. The van der Waals surface area contributed by atoms with Gasteiger partial charge < -0.3 is 90.2 Å². The molecule has 4 aromatic heterocycles. The molecule has 4 heterocycles. The first kappa shape index (κ1) is 85.0. The zero-order valence-electron chi connectivity index (χ0n) is 52.2. The second-order valence-corrected chi connectivity index (χ2v) is 20.6. The molecule has 0 aliphatic carbocycles. The standard InChI is InChI=1S/4C19H13NO4.4Mo.2O/c4*21-18(22)14-6-1-4-12(10-14)16-8-3-9-17(20-16)13-5-2-7-15(11-13)19(23)24;;;;;;/h4*1-11H,(H,21,22)(H,23,24);;;;;;/q;;;;4*+3;2*-2/p-8. The van der Waals surface area contributed by atoms with E-state index in [0.29, 0.717) is 90.1 Å². The molecule has 8 aromatic carbocycles. The molecule has 0 bridgehead atoms. The fraction of sp³-hybridized carbons (Fsp3) is 0. The second kappa shape index (κ2) is 40.1. The number of carboxylic acids is 8. The van der Waals surface area contributed by atoms with Crippen LogP contribution in [0.25, 0.3) is 90.1 Å². The number of carbonyl (C=O) groups excluding carboxylic acids is 8. The Morgan fingerprint density at radius 2 is 0.275 bits per heavy atom. The summed E-state index contributed by atoms with van der Waals surface area (Å²) in [7, 11) is 0. The fourth-order valence-corrected chi connectivity index (χ4v) is 9.47. The van der Waals surface area contributed by atoms with E-state index in [0.717, 1.165) is 0 Å². The van der Waals surface area contributed by atoms with Crippen LogP contribution >= 0.6 is 0 Å². The van der Waals surface area contributed by atoms with Crippen molar-refractivity contribution in [2.24, 2.45) is 0 Å². The van der Waals surface area contributed by atoms with Crippen molar-refractivity contribution >= 4 is 47.8 Å². The summed E-state index contributed by atoms with van der Waals surface area (Å²) in [4.78, 5) is 106. The van der Waals surface area contributed by atoms with E-state index < -0.39 is 47.8 Å². The van der Waals surface area contributed by atoms with Crippen LogP contribution in [-0.4, -0.2) is 67.7 Å². The molecule has 0 spiro atoms. The number of carbonyl (C=O) groups is 8. The van der Waals surface area contributed by atoms with Gasteiger partial charge in [0.25, 0.3) is 0 Å². The molecule has 12 aromatic rings. The first-order valence-corrected chi connectivity index (χ1v) is 28.6. The summed E-state index contributed by atoms with van der Waals surface area (Å²) in [5.74, 6) is -10.0. The maximum Gasteiger partial charge on any atom is 3.00 e. The van der Waals surface area contributed by atoms with Gasteiger partial charge in [-0.15, -0.1) is 0 Å². The van der Waals surface area contributed by atoms with Gasteiger partial charge in [0.15, 0.2) is 0 Å². The van der Waals surface area contributed by atoms with E-state index >= 15 is 0 Å². The predicted molar refractivity (Wildman–Crippen MR) is 336 cm³/mol. The average molecular weight is 1680 g/mol. The van der Waals surface area contributed by atoms with Crippen molar-refractivity contribution in [3.63, 3.8) is 0 Å². The minimum absolute atomic E-state index is 0. The topological polar surface area (TPSA) is 430 Å². The van der Waals surface area contributed by atoms with Crippen LogP contribution < -0.4 is 40.9 Å². The van der Waals surface area contributed by atoms with Crippen LogP contribution in [0.2, 0.25) is 0 Å². The third-order valence-corrected chi connectivity index (χ3v) is 14.1. The summed E-state index contributed by atoms with van der Waals surface area (Å²) in [6, 6.07) is 71.5. The Morgan fingerprint density at radius 3 is 0.373 bits per heavy atom. The summed E-state index contributed by atoms with van der Waals surface area (Å²) >= 11 is 0. The van der Waals surface area contributed by atoms with Crippen LogP contribution in [0, 0.1) is 0 Å². The van der Waals surface area contributed by atoms with Crippen molar-refractivity contribution in [3.8, 4) is 90.1 Å². The maximum absolute atomic E-state index is 11.0. The van der Waals surface area contributed by atoms with Gasteiger partial charge in [-0.3, -0.25) is 0 Å². The van der Waals surface area contributed by atoms with Gasteiger partial charge in [-0.25, -0.2) is 19.9 Å². The van der Waals surface area contributed by atoms with E-state index in [2.05, 4.69) is 19.9 Å². The third-order valence-electron chi connectivity index (χ3n) is 14.1. The molecule has 22 nitrogen and oxygen atoms in total. The van der Waals surface area contributed by atoms with Crippen molar-refractivity contribution in [1.82, 2.24) is 19.9 Å². The molecular weight excluding hydrogens is 1640 g/mol. The predicted octanol–water partition coefficient (Wildman–Crippen LogP) is 4.32. The van der Waals surface area contributed by atoms with Crippen LogP contribution in [0.4, 0.5) is 0 Å². The molecule has 0 unspecified atom stereocenters. The molecule has 26 heteroatoms. The normalized spacial score (nSPS) is 9.73. The van der Waals surface area contributed by atoms with Crippen molar-refractivity contribution in [2.75, 3.05) is 0 Å². The summed E-state index contributed by atoms with van der Waals surface area (Å²) in [5.41, 5.74) is 10.2. The Bertz CT molecular complexity index is 4090. The number of carboxylic acid groups (broad SMARTS) is 8. The number of hydrogen-bond acceptors (Lipinski definition) is 20. The number of rotatable bonds is 16. The van der Waals surface area contributed by atoms with Crippen LogP contribution in [0.3, 0.4) is 0 Å². The molecule has 0 saturated heterocycles. The Morgan fingerprint density at radius 1 is 0.176 bits per heavy atom. The SMILES string of the molecule is O=C([O-])c1cccc(-c2cccc(-c3cccc(C(=O)[O-])c3)n2)c1.O=C([O-])c1cccc(-c2cccc(-c3cccc(C(=O)[O-])c3)n2)c1.O=C([O-])c1cccc(-c2cccc(-c3cccc(C(=O)[O-])c3)n2)c1.O=C([O-])c1cccc(-c2cccc(-c3cccc(C(=O)[O-])c3)n2)c1.[Mo+3].[Mo+3].[Mo+3].[Mo+3].[O-2].[O-2]. The maximum atomic E-state index is 11.0. The van der Waals surface area contributed by atoms with Gasteiger partial charge in [0, 0.05) is 44.5 Å².